The monoisotopic (exact) mass is 399 g/mol. The van der Waals surface area contributed by atoms with Crippen LogP contribution < -0.4 is 11.1 Å². The van der Waals surface area contributed by atoms with Crippen LogP contribution >= 0.6 is 0 Å². The van der Waals surface area contributed by atoms with Gasteiger partial charge in [-0.3, -0.25) is 4.79 Å². The molecule has 1 aromatic carbocycles. The zero-order valence-electron chi connectivity index (χ0n) is 17.7. The van der Waals surface area contributed by atoms with E-state index < -0.39 is 12.0 Å². The first-order chi connectivity index (χ1) is 14.1. The van der Waals surface area contributed by atoms with Crippen LogP contribution in [0.4, 0.5) is 5.82 Å². The maximum absolute atomic E-state index is 11.3. The number of aromatic nitrogens is 1. The number of carbonyl (C=O) groups is 1. The molecule has 0 aliphatic heterocycles. The van der Waals surface area contributed by atoms with Gasteiger partial charge in [0.15, 0.2) is 0 Å². The van der Waals surface area contributed by atoms with Crippen LogP contribution in [0.3, 0.4) is 0 Å². The lowest BCUT2D eigenvalue weighted by molar-refractivity contribution is -0.139. The Labute approximate surface area is 175 Å². The van der Waals surface area contributed by atoms with Gasteiger partial charge < -0.3 is 16.2 Å². The molecule has 0 saturated carbocycles. The first kappa shape index (κ1) is 24.6. The van der Waals surface area contributed by atoms with Crippen molar-refractivity contribution in [2.75, 3.05) is 12.3 Å². The molecule has 1 aromatic heterocycles. The minimum atomic E-state index is -0.761. The summed E-state index contributed by atoms with van der Waals surface area (Å²) in [4.78, 5) is 15.1. The van der Waals surface area contributed by atoms with E-state index in [0.717, 1.165) is 18.5 Å². The molecule has 0 bridgehead atoms. The Hall–Kier alpha value is -2.40. The highest BCUT2D eigenvalue weighted by molar-refractivity contribution is 5.73. The van der Waals surface area contributed by atoms with Gasteiger partial charge in [0.1, 0.15) is 11.9 Å². The number of nitrogens with zero attached hydrogens (tertiary/aromatic N) is 1. The number of anilines is 1. The molecule has 160 valence electrons. The molecule has 29 heavy (non-hydrogen) atoms. The second kappa shape index (κ2) is 16.5. The van der Waals surface area contributed by atoms with E-state index in [0.29, 0.717) is 12.2 Å². The molecular weight excluding hydrogens is 362 g/mol. The van der Waals surface area contributed by atoms with Crippen molar-refractivity contribution in [2.24, 2.45) is 0 Å². The Morgan fingerprint density at radius 1 is 0.966 bits per heavy atom. The van der Waals surface area contributed by atoms with E-state index in [1.165, 1.54) is 44.9 Å². The van der Waals surface area contributed by atoms with Crippen molar-refractivity contribution >= 4 is 11.8 Å². The van der Waals surface area contributed by atoms with E-state index >= 15 is 0 Å². The summed E-state index contributed by atoms with van der Waals surface area (Å²) in [5.74, 6) is -0.189. The summed E-state index contributed by atoms with van der Waals surface area (Å²) in [6.07, 6.45) is 12.4. The second-order valence-electron chi connectivity index (χ2n) is 7.26. The van der Waals surface area contributed by atoms with Crippen LogP contribution in [0.25, 0.3) is 0 Å². The molecular formula is C24H37N3O2. The van der Waals surface area contributed by atoms with Crippen LogP contribution in [-0.2, 0) is 11.2 Å². The van der Waals surface area contributed by atoms with Gasteiger partial charge in [0, 0.05) is 6.20 Å². The number of nitrogens with one attached hydrogen (secondary N) is 1. The summed E-state index contributed by atoms with van der Waals surface area (Å²) in [5.41, 5.74) is 6.31. The van der Waals surface area contributed by atoms with Crippen molar-refractivity contribution in [1.82, 2.24) is 10.3 Å². The molecule has 5 heteroatoms. The molecule has 0 radical (unpaired) electrons. The Kier molecular flexibility index (Phi) is 14.1. The average molecular weight is 400 g/mol. The predicted molar refractivity (Wildman–Crippen MR) is 121 cm³/mol. The maximum Gasteiger partial charge on any atom is 0.321 e. The second-order valence-corrected chi connectivity index (χ2v) is 7.26. The molecule has 5 nitrogen and oxygen atoms in total. The quantitative estimate of drug-likeness (QED) is 0.409. The molecule has 0 amide bonds. The normalized spacial score (nSPS) is 11.3. The number of hydrogen-bond donors (Lipinski definition) is 3. The third kappa shape index (κ3) is 13.4. The molecule has 1 atom stereocenters. The van der Waals surface area contributed by atoms with E-state index in [2.05, 4.69) is 17.2 Å². The number of nitrogen functional groups attached to an aromatic ring is 1. The molecule has 1 heterocycles. The van der Waals surface area contributed by atoms with Crippen LogP contribution in [-0.4, -0.2) is 28.6 Å². The Morgan fingerprint density at radius 2 is 1.59 bits per heavy atom. The first-order valence-electron chi connectivity index (χ1n) is 10.8. The summed E-state index contributed by atoms with van der Waals surface area (Å²) in [5, 5.41) is 12.5. The lowest BCUT2D eigenvalue weighted by Gasteiger charge is -2.14. The number of unbranched alkanes of at least 4 members (excludes halogenated alkanes) is 7. The molecule has 0 spiro atoms. The molecule has 0 fully saturated rings. The summed E-state index contributed by atoms with van der Waals surface area (Å²) in [6, 6.07) is 14.8. The van der Waals surface area contributed by atoms with Gasteiger partial charge in [0.2, 0.25) is 0 Å². The van der Waals surface area contributed by atoms with E-state index in [1.54, 1.807) is 12.3 Å². The Balaban J connectivity index is 0.000000502. The van der Waals surface area contributed by atoms with Crippen molar-refractivity contribution in [3.8, 4) is 0 Å². The van der Waals surface area contributed by atoms with E-state index in [4.69, 9.17) is 5.73 Å². The van der Waals surface area contributed by atoms with Crippen molar-refractivity contribution in [3.63, 3.8) is 0 Å². The van der Waals surface area contributed by atoms with Gasteiger partial charge in [0.25, 0.3) is 0 Å². The number of hydrogen-bond acceptors (Lipinski definition) is 4. The fourth-order valence-corrected chi connectivity index (χ4v) is 3.01. The SMILES string of the molecule is CCCCCCCCCCN[C@@H](Cc1ccccc1)C(=O)O.Nc1ccccn1. The van der Waals surface area contributed by atoms with Crippen LogP contribution in [0.2, 0.25) is 0 Å². The summed E-state index contributed by atoms with van der Waals surface area (Å²) >= 11 is 0. The lowest BCUT2D eigenvalue weighted by Crippen LogP contribution is -2.39. The molecule has 0 unspecified atom stereocenters. The summed E-state index contributed by atoms with van der Waals surface area (Å²) in [6.45, 7) is 3.03. The van der Waals surface area contributed by atoms with Crippen LogP contribution in [0.5, 0.6) is 0 Å². The highest BCUT2D eigenvalue weighted by Crippen LogP contribution is 2.08. The molecule has 0 aliphatic rings. The van der Waals surface area contributed by atoms with Gasteiger partial charge in [-0.15, -0.1) is 0 Å². The third-order valence-electron chi connectivity index (χ3n) is 4.69. The van der Waals surface area contributed by atoms with Gasteiger partial charge >= 0.3 is 5.97 Å². The van der Waals surface area contributed by atoms with Gasteiger partial charge in [-0.05, 0) is 37.1 Å². The highest BCUT2D eigenvalue weighted by atomic mass is 16.4. The average Bonchev–Trinajstić information content (AvgIpc) is 2.73. The van der Waals surface area contributed by atoms with Gasteiger partial charge in [0.05, 0.1) is 0 Å². The van der Waals surface area contributed by atoms with Gasteiger partial charge in [-0.1, -0.05) is 88.3 Å². The number of pyridine rings is 1. The van der Waals surface area contributed by atoms with Crippen LogP contribution in [0.1, 0.15) is 63.9 Å². The minimum absolute atomic E-state index is 0.480. The minimum Gasteiger partial charge on any atom is -0.480 e. The number of nitrogens with two attached hydrogens (primary N) is 1. The summed E-state index contributed by atoms with van der Waals surface area (Å²) < 4.78 is 0. The van der Waals surface area contributed by atoms with Crippen LogP contribution in [0, 0.1) is 0 Å². The Bertz CT molecular complexity index is 635. The maximum atomic E-state index is 11.3. The van der Waals surface area contributed by atoms with Crippen molar-refractivity contribution < 1.29 is 9.90 Å². The lowest BCUT2D eigenvalue weighted by atomic mass is 10.1. The third-order valence-corrected chi connectivity index (χ3v) is 4.69. The zero-order valence-corrected chi connectivity index (χ0v) is 17.7. The number of carboxylic acids is 1. The van der Waals surface area contributed by atoms with Crippen molar-refractivity contribution in [3.05, 3.63) is 60.3 Å². The fourth-order valence-electron chi connectivity index (χ4n) is 3.01. The highest BCUT2D eigenvalue weighted by Gasteiger charge is 2.16. The molecule has 4 N–H and O–H groups in total. The van der Waals surface area contributed by atoms with Crippen molar-refractivity contribution in [2.45, 2.75) is 70.8 Å². The number of carboxylic acid groups (broad SMARTS) is 1. The fraction of sp³-hybridized carbons (Fsp3) is 0.500. The molecule has 0 saturated heterocycles. The smallest absolute Gasteiger partial charge is 0.321 e. The van der Waals surface area contributed by atoms with Gasteiger partial charge in [-0.25, -0.2) is 4.98 Å². The van der Waals surface area contributed by atoms with Crippen LogP contribution in [0.15, 0.2) is 54.7 Å². The molecule has 2 aromatic rings. The van der Waals surface area contributed by atoms with Crippen molar-refractivity contribution in [1.29, 1.82) is 0 Å². The first-order valence-corrected chi connectivity index (χ1v) is 10.8. The zero-order chi connectivity index (χ0) is 21.2. The molecule has 2 rings (SSSR count). The standard InChI is InChI=1S/C19H31NO2.C5H6N2/c1-2-3-4-5-6-7-8-12-15-20-18(19(21)22)16-17-13-10-9-11-14-17;6-5-3-1-2-4-7-5/h9-11,13-14,18,20H,2-8,12,15-16H2,1H3,(H,21,22);1-4H,(H2,6,7)/t18-;/m0./s1. The van der Waals surface area contributed by atoms with E-state index in [9.17, 15) is 9.90 Å². The number of benzene rings is 1. The largest absolute Gasteiger partial charge is 0.480 e. The summed E-state index contributed by atoms with van der Waals surface area (Å²) in [7, 11) is 0. The molecule has 0 aliphatic carbocycles. The van der Waals surface area contributed by atoms with E-state index in [1.807, 2.05) is 42.5 Å². The predicted octanol–water partition coefficient (Wildman–Crippen LogP) is 5.08. The number of rotatable bonds is 13. The van der Waals surface area contributed by atoms with E-state index in [-0.39, 0.29) is 0 Å². The number of aliphatic carboxylic acids is 1. The Morgan fingerprint density at radius 3 is 2.10 bits per heavy atom. The topological polar surface area (TPSA) is 88.2 Å². The van der Waals surface area contributed by atoms with Gasteiger partial charge in [-0.2, -0.15) is 0 Å².